The van der Waals surface area contributed by atoms with Gasteiger partial charge in [0.2, 0.25) is 17.8 Å². The summed E-state index contributed by atoms with van der Waals surface area (Å²) in [7, 11) is 1.71. The molecule has 1 aromatic heterocycles. The van der Waals surface area contributed by atoms with Crippen LogP contribution in [0.5, 0.6) is 5.75 Å². The second-order valence-electron chi connectivity index (χ2n) is 7.91. The fraction of sp³-hybridized carbons (Fsp3) is 0.192. The Morgan fingerprint density at radius 2 is 1.12 bits per heavy atom. The van der Waals surface area contributed by atoms with Gasteiger partial charge in [-0.15, -0.1) is 0 Å². The van der Waals surface area contributed by atoms with Crippen molar-refractivity contribution in [2.75, 3.05) is 53.7 Å². The molecule has 3 aromatic carbocycles. The minimum Gasteiger partial charge on any atom is -0.495 e. The number of hydrogen-bond donors (Lipinski definition) is 2. The maximum absolute atomic E-state index is 5.55. The van der Waals surface area contributed by atoms with Gasteiger partial charge in [0, 0.05) is 37.6 Å². The molecule has 0 bridgehead atoms. The normalized spacial score (nSPS) is 13.4. The van der Waals surface area contributed by atoms with Gasteiger partial charge in [0.15, 0.2) is 0 Å². The van der Waals surface area contributed by atoms with Crippen LogP contribution in [-0.2, 0) is 0 Å². The average molecular weight is 454 g/mol. The molecule has 8 nitrogen and oxygen atoms in total. The van der Waals surface area contributed by atoms with E-state index < -0.39 is 0 Å². The van der Waals surface area contributed by atoms with E-state index in [2.05, 4.69) is 31.5 Å². The second kappa shape index (κ2) is 10.1. The lowest BCUT2D eigenvalue weighted by atomic mass is 10.2. The SMILES string of the molecule is COc1ccccc1N1CCN(c2nc(Nc3ccccc3)nc(Nc3ccccc3)n2)CC1. The Kier molecular flexibility index (Phi) is 6.38. The highest BCUT2D eigenvalue weighted by molar-refractivity contribution is 5.61. The molecule has 0 aliphatic carbocycles. The Bertz CT molecular complexity index is 1150. The lowest BCUT2D eigenvalue weighted by molar-refractivity contribution is 0.413. The van der Waals surface area contributed by atoms with Crippen LogP contribution in [0.15, 0.2) is 84.9 Å². The maximum Gasteiger partial charge on any atom is 0.233 e. The number of ether oxygens (including phenoxy) is 1. The first-order valence-electron chi connectivity index (χ1n) is 11.3. The van der Waals surface area contributed by atoms with Crippen LogP contribution in [0.1, 0.15) is 0 Å². The summed E-state index contributed by atoms with van der Waals surface area (Å²) in [5, 5.41) is 6.61. The first-order chi connectivity index (χ1) is 16.8. The van der Waals surface area contributed by atoms with Crippen LogP contribution >= 0.6 is 0 Å². The molecule has 0 saturated carbocycles. The fourth-order valence-electron chi connectivity index (χ4n) is 3.96. The number of benzene rings is 3. The van der Waals surface area contributed by atoms with Crippen molar-refractivity contribution in [3.05, 3.63) is 84.9 Å². The number of hydrogen-bond acceptors (Lipinski definition) is 8. The molecule has 5 rings (SSSR count). The van der Waals surface area contributed by atoms with E-state index >= 15 is 0 Å². The molecule has 2 heterocycles. The van der Waals surface area contributed by atoms with E-state index in [9.17, 15) is 0 Å². The van der Waals surface area contributed by atoms with Crippen LogP contribution in [0.2, 0.25) is 0 Å². The van der Waals surface area contributed by atoms with Crippen molar-refractivity contribution >= 4 is 34.9 Å². The Morgan fingerprint density at radius 3 is 1.68 bits per heavy atom. The first kappa shape index (κ1) is 21.5. The van der Waals surface area contributed by atoms with E-state index in [0.29, 0.717) is 17.8 Å². The number of rotatable bonds is 7. The van der Waals surface area contributed by atoms with Gasteiger partial charge in [-0.2, -0.15) is 15.0 Å². The summed E-state index contributed by atoms with van der Waals surface area (Å²) in [6.45, 7) is 3.26. The van der Waals surface area contributed by atoms with Gasteiger partial charge in [-0.3, -0.25) is 0 Å². The van der Waals surface area contributed by atoms with Crippen molar-refractivity contribution in [1.82, 2.24) is 15.0 Å². The summed E-state index contributed by atoms with van der Waals surface area (Å²) >= 11 is 0. The molecular formula is C26H27N7O. The summed E-state index contributed by atoms with van der Waals surface area (Å²) in [6, 6.07) is 27.9. The predicted octanol–water partition coefficient (Wildman–Crippen LogP) is 4.69. The largest absolute Gasteiger partial charge is 0.495 e. The molecule has 1 aliphatic rings. The van der Waals surface area contributed by atoms with Crippen LogP contribution in [-0.4, -0.2) is 48.2 Å². The number of nitrogens with zero attached hydrogens (tertiary/aromatic N) is 5. The zero-order chi connectivity index (χ0) is 23.2. The van der Waals surface area contributed by atoms with Crippen LogP contribution in [0.3, 0.4) is 0 Å². The quantitative estimate of drug-likeness (QED) is 0.417. The molecule has 8 heteroatoms. The number of anilines is 6. The third-order valence-electron chi connectivity index (χ3n) is 5.67. The van der Waals surface area contributed by atoms with E-state index in [4.69, 9.17) is 14.7 Å². The lowest BCUT2D eigenvalue weighted by Gasteiger charge is -2.36. The van der Waals surface area contributed by atoms with Crippen LogP contribution < -0.4 is 25.2 Å². The molecular weight excluding hydrogens is 426 g/mol. The molecule has 0 spiro atoms. The molecule has 2 N–H and O–H groups in total. The number of para-hydroxylation sites is 4. The van der Waals surface area contributed by atoms with Gasteiger partial charge in [0.25, 0.3) is 0 Å². The Labute approximate surface area is 199 Å². The van der Waals surface area contributed by atoms with E-state index in [-0.39, 0.29) is 0 Å². The van der Waals surface area contributed by atoms with Gasteiger partial charge in [0.05, 0.1) is 12.8 Å². The van der Waals surface area contributed by atoms with Gasteiger partial charge >= 0.3 is 0 Å². The maximum atomic E-state index is 5.55. The van der Waals surface area contributed by atoms with E-state index in [0.717, 1.165) is 49.0 Å². The zero-order valence-electron chi connectivity index (χ0n) is 19.1. The summed E-state index contributed by atoms with van der Waals surface area (Å²) in [6.07, 6.45) is 0. The summed E-state index contributed by atoms with van der Waals surface area (Å²) in [5.74, 6) is 2.54. The zero-order valence-corrected chi connectivity index (χ0v) is 19.1. The lowest BCUT2D eigenvalue weighted by Crippen LogP contribution is -2.47. The molecule has 0 unspecified atom stereocenters. The topological polar surface area (TPSA) is 78.4 Å². The number of piperazine rings is 1. The van der Waals surface area contributed by atoms with Crippen molar-refractivity contribution in [3.63, 3.8) is 0 Å². The van der Waals surface area contributed by atoms with E-state index in [1.165, 1.54) is 0 Å². The second-order valence-corrected chi connectivity index (χ2v) is 7.91. The van der Waals surface area contributed by atoms with E-state index in [1.807, 2.05) is 78.9 Å². The first-order valence-corrected chi connectivity index (χ1v) is 11.3. The Balaban J connectivity index is 1.37. The van der Waals surface area contributed by atoms with Crippen molar-refractivity contribution in [2.24, 2.45) is 0 Å². The third-order valence-corrected chi connectivity index (χ3v) is 5.67. The van der Waals surface area contributed by atoms with Crippen molar-refractivity contribution < 1.29 is 4.74 Å². The van der Waals surface area contributed by atoms with Crippen molar-refractivity contribution in [1.29, 1.82) is 0 Å². The molecule has 4 aromatic rings. The van der Waals surface area contributed by atoms with Crippen LogP contribution in [0, 0.1) is 0 Å². The predicted molar refractivity (Wildman–Crippen MR) is 137 cm³/mol. The molecule has 1 fully saturated rings. The molecule has 1 aliphatic heterocycles. The highest BCUT2D eigenvalue weighted by Gasteiger charge is 2.22. The van der Waals surface area contributed by atoms with Crippen LogP contribution in [0.25, 0.3) is 0 Å². The smallest absolute Gasteiger partial charge is 0.233 e. The highest BCUT2D eigenvalue weighted by atomic mass is 16.5. The molecule has 0 radical (unpaired) electrons. The van der Waals surface area contributed by atoms with Gasteiger partial charge in [-0.1, -0.05) is 48.5 Å². The number of methoxy groups -OCH3 is 1. The Hall–Kier alpha value is -4.33. The summed E-state index contributed by atoms with van der Waals surface area (Å²) in [4.78, 5) is 18.6. The number of nitrogens with one attached hydrogen (secondary N) is 2. The average Bonchev–Trinajstić information content (AvgIpc) is 2.90. The highest BCUT2D eigenvalue weighted by Crippen LogP contribution is 2.29. The fourth-order valence-corrected chi connectivity index (χ4v) is 3.96. The standard InChI is InChI=1S/C26H27N7O/c1-34-23-15-9-8-14-22(23)32-16-18-33(19-17-32)26-30-24(27-20-10-4-2-5-11-20)29-25(31-26)28-21-12-6-3-7-13-21/h2-15H,16-19H2,1H3,(H2,27,28,29,30,31). The van der Waals surface area contributed by atoms with Gasteiger partial charge in [-0.05, 0) is 36.4 Å². The monoisotopic (exact) mass is 453 g/mol. The third kappa shape index (κ3) is 5.01. The van der Waals surface area contributed by atoms with Crippen LogP contribution in [0.4, 0.5) is 34.9 Å². The molecule has 34 heavy (non-hydrogen) atoms. The molecule has 172 valence electrons. The molecule has 0 atom stereocenters. The molecule has 1 saturated heterocycles. The van der Waals surface area contributed by atoms with Crippen molar-refractivity contribution in [2.45, 2.75) is 0 Å². The van der Waals surface area contributed by atoms with Gasteiger partial charge < -0.3 is 25.2 Å². The van der Waals surface area contributed by atoms with Crippen molar-refractivity contribution in [3.8, 4) is 5.75 Å². The number of aromatic nitrogens is 3. The minimum atomic E-state index is 0.502. The molecule has 0 amide bonds. The van der Waals surface area contributed by atoms with Gasteiger partial charge in [-0.25, -0.2) is 0 Å². The van der Waals surface area contributed by atoms with Gasteiger partial charge in [0.1, 0.15) is 5.75 Å². The Morgan fingerprint density at radius 1 is 0.618 bits per heavy atom. The summed E-state index contributed by atoms with van der Waals surface area (Å²) < 4.78 is 5.55. The minimum absolute atomic E-state index is 0.502. The summed E-state index contributed by atoms with van der Waals surface area (Å²) in [5.41, 5.74) is 2.95. The van der Waals surface area contributed by atoms with E-state index in [1.54, 1.807) is 7.11 Å².